The molecule has 0 unspecified atom stereocenters. The first kappa shape index (κ1) is 28.9. The molecular formula is C31H33FN8O2S. The van der Waals surface area contributed by atoms with Crippen LogP contribution in [0.25, 0.3) is 44.0 Å². The number of carbonyl (C=O) groups is 1. The number of nitriles is 1. The molecule has 222 valence electrons. The standard InChI is InChI=1S/C31H33FN8O2S/c1-17-13-22-26(25(32)24(17)18-7-8-19-16-34-38(5)23(19)14-18)35-29(43-6)27-28(22)40(37-36-27)21-10-12-39(20(15-21)9-11-33)30(41)42-31(2,3)4/h7-8,13-14,16,20-21H,9-10,12,15H2,1-6H3/t20-,21+/m1/s1. The molecular weight excluding hydrogens is 567 g/mol. The molecule has 2 atom stereocenters. The van der Waals surface area contributed by atoms with Gasteiger partial charge in [-0.25, -0.2) is 18.9 Å². The number of benzene rings is 2. The van der Waals surface area contributed by atoms with Gasteiger partial charge in [0, 0.05) is 29.9 Å². The Balaban J connectivity index is 1.46. The summed E-state index contributed by atoms with van der Waals surface area (Å²) in [5.74, 6) is -0.399. The summed E-state index contributed by atoms with van der Waals surface area (Å²) in [6.07, 6.45) is 4.50. The fourth-order valence-corrected chi connectivity index (χ4v) is 6.58. The SMILES string of the molecule is CSc1nc2c(F)c(-c3ccc4cnn(C)c4c3)c(C)cc2c2c1nnn2[C@H]1CCN(C(=O)OC(C)(C)C)[C@H](CC#N)C1. The Morgan fingerprint density at radius 1 is 1.26 bits per heavy atom. The molecule has 10 nitrogen and oxygen atoms in total. The second-order valence-corrected chi connectivity index (χ2v) is 12.8. The smallest absolute Gasteiger partial charge is 0.410 e. The van der Waals surface area contributed by atoms with Crippen molar-refractivity contribution in [1.29, 1.82) is 5.26 Å². The van der Waals surface area contributed by atoms with Crippen LogP contribution in [-0.4, -0.2) is 65.2 Å². The van der Waals surface area contributed by atoms with Crippen LogP contribution in [-0.2, 0) is 11.8 Å². The fourth-order valence-electron chi connectivity index (χ4n) is 6.06. The highest BCUT2D eigenvalue weighted by Gasteiger charge is 2.36. The molecule has 0 spiro atoms. The average Bonchev–Trinajstić information content (AvgIpc) is 3.56. The monoisotopic (exact) mass is 600 g/mol. The largest absolute Gasteiger partial charge is 0.444 e. The number of aryl methyl sites for hydroxylation is 2. The number of likely N-dealkylation sites (tertiary alicyclic amines) is 1. The molecule has 12 heteroatoms. The second-order valence-electron chi connectivity index (χ2n) is 12.0. The first-order valence-corrected chi connectivity index (χ1v) is 15.4. The summed E-state index contributed by atoms with van der Waals surface area (Å²) in [6, 6.07) is 9.49. The molecule has 4 heterocycles. The zero-order valence-electron chi connectivity index (χ0n) is 25.1. The number of piperidine rings is 1. The Morgan fingerprint density at radius 3 is 2.77 bits per heavy atom. The molecule has 5 aromatic rings. The van der Waals surface area contributed by atoms with Gasteiger partial charge in [-0.15, -0.1) is 16.9 Å². The van der Waals surface area contributed by atoms with Crippen LogP contribution in [0.15, 0.2) is 35.5 Å². The first-order valence-electron chi connectivity index (χ1n) is 14.2. The van der Waals surface area contributed by atoms with Crippen molar-refractivity contribution < 1.29 is 13.9 Å². The van der Waals surface area contributed by atoms with E-state index in [9.17, 15) is 10.1 Å². The van der Waals surface area contributed by atoms with Crippen LogP contribution in [0.3, 0.4) is 0 Å². The summed E-state index contributed by atoms with van der Waals surface area (Å²) >= 11 is 1.39. The number of aromatic nitrogens is 6. The van der Waals surface area contributed by atoms with Crippen LogP contribution < -0.4 is 0 Å². The maximum Gasteiger partial charge on any atom is 0.410 e. The van der Waals surface area contributed by atoms with E-state index in [4.69, 9.17) is 9.72 Å². The number of thioether (sulfide) groups is 1. The minimum absolute atomic E-state index is 0.155. The van der Waals surface area contributed by atoms with Crippen LogP contribution in [0.5, 0.6) is 0 Å². The van der Waals surface area contributed by atoms with Crippen molar-refractivity contribution in [3.63, 3.8) is 0 Å². The summed E-state index contributed by atoms with van der Waals surface area (Å²) in [7, 11) is 1.87. The molecule has 3 aromatic heterocycles. The van der Waals surface area contributed by atoms with E-state index in [0.717, 1.165) is 22.0 Å². The van der Waals surface area contributed by atoms with Gasteiger partial charge in [0.2, 0.25) is 0 Å². The molecule has 0 radical (unpaired) electrons. The van der Waals surface area contributed by atoms with Gasteiger partial charge in [0.05, 0.1) is 36.3 Å². The minimum Gasteiger partial charge on any atom is -0.444 e. The van der Waals surface area contributed by atoms with Gasteiger partial charge in [-0.2, -0.15) is 10.4 Å². The van der Waals surface area contributed by atoms with Crippen molar-refractivity contribution in [2.75, 3.05) is 12.8 Å². The topological polar surface area (TPSA) is 115 Å². The molecule has 1 amide bonds. The normalized spacial score (nSPS) is 17.6. The van der Waals surface area contributed by atoms with Crippen molar-refractivity contribution >= 4 is 50.7 Å². The maximum atomic E-state index is 16.6. The summed E-state index contributed by atoms with van der Waals surface area (Å²) < 4.78 is 25.8. The quantitative estimate of drug-likeness (QED) is 0.213. The highest BCUT2D eigenvalue weighted by atomic mass is 32.2. The molecule has 2 aromatic carbocycles. The Hall–Kier alpha value is -4.24. The Kier molecular flexibility index (Phi) is 7.24. The van der Waals surface area contributed by atoms with Crippen LogP contribution in [0.2, 0.25) is 0 Å². The minimum atomic E-state index is -0.641. The Morgan fingerprint density at radius 2 is 2.05 bits per heavy atom. The van der Waals surface area contributed by atoms with E-state index in [-0.39, 0.29) is 24.0 Å². The first-order chi connectivity index (χ1) is 20.5. The summed E-state index contributed by atoms with van der Waals surface area (Å²) in [6.45, 7) is 7.77. The Labute approximate surface area is 252 Å². The van der Waals surface area contributed by atoms with E-state index >= 15 is 4.39 Å². The lowest BCUT2D eigenvalue weighted by Gasteiger charge is -2.39. The molecule has 6 rings (SSSR count). The molecule has 0 N–H and O–H groups in total. The number of amides is 1. The van der Waals surface area contributed by atoms with Crippen molar-refractivity contribution in [3.8, 4) is 17.2 Å². The third-order valence-electron chi connectivity index (χ3n) is 8.02. The molecule has 43 heavy (non-hydrogen) atoms. The number of pyridine rings is 1. The third kappa shape index (κ3) is 5.05. The van der Waals surface area contributed by atoms with Crippen LogP contribution in [0, 0.1) is 24.1 Å². The second kappa shape index (κ2) is 10.8. The van der Waals surface area contributed by atoms with E-state index < -0.39 is 17.5 Å². The van der Waals surface area contributed by atoms with Crippen molar-refractivity contribution in [2.24, 2.45) is 7.05 Å². The van der Waals surface area contributed by atoms with Gasteiger partial charge < -0.3 is 9.64 Å². The van der Waals surface area contributed by atoms with E-state index in [1.54, 1.807) is 15.8 Å². The van der Waals surface area contributed by atoms with E-state index in [2.05, 4.69) is 21.5 Å². The third-order valence-corrected chi connectivity index (χ3v) is 8.69. The molecule has 1 saturated heterocycles. The van der Waals surface area contributed by atoms with Gasteiger partial charge in [-0.05, 0) is 70.1 Å². The number of nitrogens with zero attached hydrogens (tertiary/aromatic N) is 8. The lowest BCUT2D eigenvalue weighted by atomic mass is 9.94. The molecule has 0 aliphatic carbocycles. The number of halogens is 1. The fraction of sp³-hybridized carbons (Fsp3) is 0.419. The molecule has 1 aliphatic rings. The molecule has 0 saturated carbocycles. The number of carbonyl (C=O) groups excluding carboxylic acids is 1. The molecule has 1 fully saturated rings. The van der Waals surface area contributed by atoms with Gasteiger partial charge >= 0.3 is 6.09 Å². The van der Waals surface area contributed by atoms with Crippen molar-refractivity contribution in [2.45, 2.75) is 69.7 Å². The average molecular weight is 601 g/mol. The lowest BCUT2D eigenvalue weighted by Crippen LogP contribution is -2.48. The van der Waals surface area contributed by atoms with Crippen molar-refractivity contribution in [1.82, 2.24) is 34.7 Å². The van der Waals surface area contributed by atoms with Gasteiger partial charge in [0.25, 0.3) is 0 Å². The number of hydrogen-bond acceptors (Lipinski definition) is 8. The van der Waals surface area contributed by atoms with Gasteiger partial charge in [-0.1, -0.05) is 17.3 Å². The van der Waals surface area contributed by atoms with Crippen LogP contribution in [0.4, 0.5) is 9.18 Å². The lowest BCUT2D eigenvalue weighted by molar-refractivity contribution is 0.00557. The van der Waals surface area contributed by atoms with E-state index in [0.29, 0.717) is 46.4 Å². The van der Waals surface area contributed by atoms with Crippen LogP contribution in [0.1, 0.15) is 51.6 Å². The highest BCUT2D eigenvalue weighted by Crippen LogP contribution is 2.40. The maximum absolute atomic E-state index is 16.6. The highest BCUT2D eigenvalue weighted by molar-refractivity contribution is 7.98. The van der Waals surface area contributed by atoms with E-state index in [1.807, 2.05) is 69.9 Å². The Bertz CT molecular complexity index is 1940. The predicted octanol–water partition coefficient (Wildman–Crippen LogP) is 6.56. The number of ether oxygens (including phenoxy) is 1. The molecule has 1 aliphatic heterocycles. The number of fused-ring (bicyclic) bond motifs is 4. The molecule has 0 bridgehead atoms. The van der Waals surface area contributed by atoms with Crippen molar-refractivity contribution in [3.05, 3.63) is 41.8 Å². The van der Waals surface area contributed by atoms with Gasteiger partial charge in [0.1, 0.15) is 27.2 Å². The summed E-state index contributed by atoms with van der Waals surface area (Å²) in [5.41, 5.74) is 3.85. The van der Waals surface area contributed by atoms with E-state index in [1.165, 1.54) is 11.8 Å². The number of rotatable bonds is 4. The summed E-state index contributed by atoms with van der Waals surface area (Å²) in [5, 5.41) is 25.1. The summed E-state index contributed by atoms with van der Waals surface area (Å²) in [4.78, 5) is 19.3. The van der Waals surface area contributed by atoms with Gasteiger partial charge in [0.15, 0.2) is 5.82 Å². The zero-order valence-corrected chi connectivity index (χ0v) is 25.9. The van der Waals surface area contributed by atoms with Gasteiger partial charge in [-0.3, -0.25) is 4.68 Å². The predicted molar refractivity (Wildman–Crippen MR) is 164 cm³/mol. The zero-order chi connectivity index (χ0) is 30.6. The number of hydrogen-bond donors (Lipinski definition) is 0. The van der Waals surface area contributed by atoms with Crippen LogP contribution >= 0.6 is 11.8 Å².